The third-order valence-corrected chi connectivity index (χ3v) is 4.28. The highest BCUT2D eigenvalue weighted by Crippen LogP contribution is 2.30. The molecular weight excluding hydrogens is 250 g/mol. The molecule has 1 aliphatic rings. The van der Waals surface area contributed by atoms with Crippen molar-refractivity contribution < 1.29 is 4.42 Å². The molecule has 0 bridgehead atoms. The van der Waals surface area contributed by atoms with Gasteiger partial charge in [0.1, 0.15) is 5.58 Å². The Morgan fingerprint density at radius 3 is 3.00 bits per heavy atom. The van der Waals surface area contributed by atoms with E-state index in [0.29, 0.717) is 5.58 Å². The predicted octanol–water partition coefficient (Wildman–Crippen LogP) is 3.88. The zero-order valence-corrected chi connectivity index (χ0v) is 12.2. The molecule has 1 aromatic carbocycles. The molecule has 3 nitrogen and oxygen atoms in total. The van der Waals surface area contributed by atoms with E-state index in [1.54, 1.807) is 6.07 Å². The van der Waals surface area contributed by atoms with Crippen LogP contribution < -0.4 is 10.9 Å². The van der Waals surface area contributed by atoms with Gasteiger partial charge in [0, 0.05) is 29.8 Å². The number of nitrogens with one attached hydrogen (secondary N) is 1. The second kappa shape index (κ2) is 5.31. The summed E-state index contributed by atoms with van der Waals surface area (Å²) in [5.41, 5.74) is 3.88. The first-order valence-electron chi connectivity index (χ1n) is 7.48. The summed E-state index contributed by atoms with van der Waals surface area (Å²) in [4.78, 5) is 11.5. The minimum absolute atomic E-state index is 0.271. The van der Waals surface area contributed by atoms with Gasteiger partial charge in [-0.05, 0) is 49.3 Å². The van der Waals surface area contributed by atoms with Crippen molar-refractivity contribution in [1.29, 1.82) is 0 Å². The summed E-state index contributed by atoms with van der Waals surface area (Å²) >= 11 is 0. The molecule has 0 spiro atoms. The van der Waals surface area contributed by atoms with Crippen molar-refractivity contribution in [1.82, 2.24) is 0 Å². The third-order valence-electron chi connectivity index (χ3n) is 4.28. The molecule has 3 heteroatoms. The molecule has 2 heterocycles. The Kier molecular flexibility index (Phi) is 3.51. The summed E-state index contributed by atoms with van der Waals surface area (Å²) in [7, 11) is 0. The standard InChI is InChI=1S/C17H21NO2/c1-3-4-12-5-6-13-8-14-11(2)7-17(19)20-16(14)9-15(13)18-10-12/h7-9,12,18H,3-6,10H2,1-2H3. The number of hydrogen-bond donors (Lipinski definition) is 1. The lowest BCUT2D eigenvalue weighted by molar-refractivity contribution is 0.474. The molecule has 1 aromatic heterocycles. The van der Waals surface area contributed by atoms with Crippen LogP contribution in [0.4, 0.5) is 5.69 Å². The van der Waals surface area contributed by atoms with Crippen LogP contribution in [0, 0.1) is 12.8 Å². The molecule has 3 rings (SSSR count). The molecule has 0 amide bonds. The van der Waals surface area contributed by atoms with Gasteiger partial charge in [0.15, 0.2) is 0 Å². The van der Waals surface area contributed by atoms with E-state index in [-0.39, 0.29) is 5.63 Å². The van der Waals surface area contributed by atoms with Crippen molar-refractivity contribution in [3.05, 3.63) is 39.7 Å². The van der Waals surface area contributed by atoms with Crippen molar-refractivity contribution in [3.8, 4) is 0 Å². The van der Waals surface area contributed by atoms with E-state index in [9.17, 15) is 4.79 Å². The maximum absolute atomic E-state index is 11.5. The first-order valence-corrected chi connectivity index (χ1v) is 7.48. The summed E-state index contributed by atoms with van der Waals surface area (Å²) < 4.78 is 5.33. The Bertz CT molecular complexity index is 687. The number of benzene rings is 1. The van der Waals surface area contributed by atoms with Crippen LogP contribution in [-0.4, -0.2) is 6.54 Å². The molecule has 1 N–H and O–H groups in total. The number of anilines is 1. The highest BCUT2D eigenvalue weighted by atomic mass is 16.4. The van der Waals surface area contributed by atoms with E-state index in [1.807, 2.05) is 13.0 Å². The van der Waals surface area contributed by atoms with Crippen LogP contribution >= 0.6 is 0 Å². The van der Waals surface area contributed by atoms with Gasteiger partial charge < -0.3 is 9.73 Å². The van der Waals surface area contributed by atoms with Crippen molar-refractivity contribution in [3.63, 3.8) is 0 Å². The summed E-state index contributed by atoms with van der Waals surface area (Å²) in [5, 5.41) is 4.58. The molecule has 20 heavy (non-hydrogen) atoms. The van der Waals surface area contributed by atoms with Crippen LogP contribution in [0.5, 0.6) is 0 Å². The smallest absolute Gasteiger partial charge is 0.336 e. The molecule has 0 fully saturated rings. The molecular formula is C17H21NO2. The van der Waals surface area contributed by atoms with E-state index in [2.05, 4.69) is 18.3 Å². The minimum Gasteiger partial charge on any atom is -0.423 e. The van der Waals surface area contributed by atoms with Crippen molar-refractivity contribution in [2.75, 3.05) is 11.9 Å². The van der Waals surface area contributed by atoms with Crippen molar-refractivity contribution >= 4 is 16.7 Å². The fraction of sp³-hybridized carbons (Fsp3) is 0.471. The Balaban J connectivity index is 2.03. The van der Waals surface area contributed by atoms with Crippen LogP contribution in [0.2, 0.25) is 0 Å². The summed E-state index contributed by atoms with van der Waals surface area (Å²) in [5.74, 6) is 0.739. The first-order chi connectivity index (χ1) is 9.67. The summed E-state index contributed by atoms with van der Waals surface area (Å²) in [6.07, 6.45) is 4.84. The number of aryl methyl sites for hydroxylation is 2. The number of fused-ring (bicyclic) bond motifs is 2. The number of rotatable bonds is 2. The van der Waals surface area contributed by atoms with E-state index < -0.39 is 0 Å². The molecule has 1 aliphatic heterocycles. The van der Waals surface area contributed by atoms with E-state index in [1.165, 1.54) is 24.8 Å². The summed E-state index contributed by atoms with van der Waals surface area (Å²) in [6.45, 7) is 5.22. The quantitative estimate of drug-likeness (QED) is 0.843. The Hall–Kier alpha value is -1.77. The SMILES string of the molecule is CCCC1CCc2cc3c(C)cc(=O)oc3cc2NC1. The third kappa shape index (κ3) is 2.45. The van der Waals surface area contributed by atoms with Crippen LogP contribution in [0.15, 0.2) is 27.4 Å². The second-order valence-electron chi connectivity index (χ2n) is 5.83. The molecule has 0 aliphatic carbocycles. The van der Waals surface area contributed by atoms with Crippen LogP contribution in [-0.2, 0) is 6.42 Å². The van der Waals surface area contributed by atoms with Crippen molar-refractivity contribution in [2.24, 2.45) is 5.92 Å². The van der Waals surface area contributed by atoms with Gasteiger partial charge in [-0.2, -0.15) is 0 Å². The predicted molar refractivity (Wildman–Crippen MR) is 82.4 cm³/mol. The van der Waals surface area contributed by atoms with Gasteiger partial charge in [-0.1, -0.05) is 13.3 Å². The maximum Gasteiger partial charge on any atom is 0.336 e. The largest absolute Gasteiger partial charge is 0.423 e. The Labute approximate surface area is 119 Å². The topological polar surface area (TPSA) is 42.2 Å². The van der Waals surface area contributed by atoms with Crippen molar-refractivity contribution in [2.45, 2.75) is 39.5 Å². The average molecular weight is 271 g/mol. The summed E-state index contributed by atoms with van der Waals surface area (Å²) in [6, 6.07) is 5.75. The second-order valence-corrected chi connectivity index (χ2v) is 5.83. The first kappa shape index (κ1) is 13.2. The average Bonchev–Trinajstić information content (AvgIpc) is 2.60. The zero-order chi connectivity index (χ0) is 14.1. The van der Waals surface area contributed by atoms with E-state index >= 15 is 0 Å². The molecule has 0 saturated carbocycles. The van der Waals surface area contributed by atoms with Gasteiger partial charge in [0.05, 0.1) is 0 Å². The minimum atomic E-state index is -0.271. The lowest BCUT2D eigenvalue weighted by Crippen LogP contribution is -2.11. The van der Waals surface area contributed by atoms with Gasteiger partial charge in [-0.25, -0.2) is 4.79 Å². The van der Waals surface area contributed by atoms with Crippen LogP contribution in [0.1, 0.15) is 37.3 Å². The van der Waals surface area contributed by atoms with Crippen LogP contribution in [0.25, 0.3) is 11.0 Å². The Morgan fingerprint density at radius 2 is 2.20 bits per heavy atom. The van der Waals surface area contributed by atoms with E-state index in [4.69, 9.17) is 4.42 Å². The Morgan fingerprint density at radius 1 is 1.35 bits per heavy atom. The molecule has 1 unspecified atom stereocenters. The van der Waals surface area contributed by atoms with E-state index in [0.717, 1.165) is 35.5 Å². The normalized spacial score (nSPS) is 18.4. The zero-order valence-electron chi connectivity index (χ0n) is 12.2. The van der Waals surface area contributed by atoms with Gasteiger partial charge in [-0.15, -0.1) is 0 Å². The fourth-order valence-corrected chi connectivity index (χ4v) is 3.15. The lowest BCUT2D eigenvalue weighted by atomic mass is 9.96. The monoisotopic (exact) mass is 271 g/mol. The van der Waals surface area contributed by atoms with Gasteiger partial charge in [-0.3, -0.25) is 0 Å². The lowest BCUT2D eigenvalue weighted by Gasteiger charge is -2.12. The fourth-order valence-electron chi connectivity index (χ4n) is 3.15. The molecule has 0 saturated heterocycles. The molecule has 106 valence electrons. The van der Waals surface area contributed by atoms with Crippen LogP contribution in [0.3, 0.4) is 0 Å². The highest BCUT2D eigenvalue weighted by molar-refractivity contribution is 5.85. The van der Waals surface area contributed by atoms with Gasteiger partial charge >= 0.3 is 5.63 Å². The maximum atomic E-state index is 11.5. The van der Waals surface area contributed by atoms with Gasteiger partial charge in [0.2, 0.25) is 0 Å². The number of hydrogen-bond acceptors (Lipinski definition) is 3. The molecule has 1 atom stereocenters. The molecule has 0 radical (unpaired) electrons. The van der Waals surface area contributed by atoms with Gasteiger partial charge in [0.25, 0.3) is 0 Å². The highest BCUT2D eigenvalue weighted by Gasteiger charge is 2.16. The molecule has 2 aromatic rings.